The SMILES string of the molecule is O=C(O)Nc1cc(CCl)cc(C(F)(F)F)c1. The molecular weight excluding hydrogens is 247 g/mol. The molecule has 1 aromatic rings. The molecular formula is C9H7ClF3NO2. The molecule has 2 N–H and O–H groups in total. The fraction of sp³-hybridized carbons (Fsp3) is 0.222. The summed E-state index contributed by atoms with van der Waals surface area (Å²) in [5, 5.41) is 10.2. The van der Waals surface area contributed by atoms with E-state index in [0.29, 0.717) is 6.07 Å². The third-order valence-electron chi connectivity index (χ3n) is 1.73. The number of halogens is 4. The molecule has 0 unspecified atom stereocenters. The first-order chi connectivity index (χ1) is 7.32. The van der Waals surface area contributed by atoms with Crippen molar-refractivity contribution < 1.29 is 23.1 Å². The van der Waals surface area contributed by atoms with Crippen molar-refractivity contribution in [2.75, 3.05) is 5.32 Å². The summed E-state index contributed by atoms with van der Waals surface area (Å²) in [6, 6.07) is 2.83. The van der Waals surface area contributed by atoms with E-state index in [9.17, 15) is 18.0 Å². The van der Waals surface area contributed by atoms with Crippen LogP contribution in [0.1, 0.15) is 11.1 Å². The Morgan fingerprint density at radius 2 is 2.00 bits per heavy atom. The lowest BCUT2D eigenvalue weighted by Gasteiger charge is -2.10. The lowest BCUT2D eigenvalue weighted by Crippen LogP contribution is -2.11. The maximum absolute atomic E-state index is 12.4. The van der Waals surface area contributed by atoms with Gasteiger partial charge in [-0.3, -0.25) is 5.32 Å². The van der Waals surface area contributed by atoms with Crippen LogP contribution in [0.4, 0.5) is 23.7 Å². The van der Waals surface area contributed by atoms with E-state index in [2.05, 4.69) is 0 Å². The van der Waals surface area contributed by atoms with Crippen LogP contribution < -0.4 is 5.32 Å². The van der Waals surface area contributed by atoms with Gasteiger partial charge in [0.1, 0.15) is 0 Å². The summed E-state index contributed by atoms with van der Waals surface area (Å²) in [7, 11) is 0. The topological polar surface area (TPSA) is 49.3 Å². The highest BCUT2D eigenvalue weighted by molar-refractivity contribution is 6.17. The molecule has 1 amide bonds. The highest BCUT2D eigenvalue weighted by Gasteiger charge is 2.31. The zero-order valence-electron chi connectivity index (χ0n) is 7.81. The number of nitrogens with one attached hydrogen (secondary N) is 1. The summed E-state index contributed by atoms with van der Waals surface area (Å²) < 4.78 is 37.2. The third-order valence-corrected chi connectivity index (χ3v) is 2.03. The number of carboxylic acid groups (broad SMARTS) is 1. The molecule has 0 radical (unpaired) electrons. The van der Waals surface area contributed by atoms with Gasteiger partial charge >= 0.3 is 12.3 Å². The Hall–Kier alpha value is -1.43. The molecule has 0 saturated heterocycles. The molecule has 0 aliphatic carbocycles. The number of hydrogen-bond acceptors (Lipinski definition) is 1. The van der Waals surface area contributed by atoms with Gasteiger partial charge in [0, 0.05) is 11.6 Å². The summed E-state index contributed by atoms with van der Waals surface area (Å²) >= 11 is 5.41. The van der Waals surface area contributed by atoms with E-state index in [1.165, 1.54) is 6.07 Å². The smallest absolute Gasteiger partial charge is 0.416 e. The Morgan fingerprint density at radius 1 is 1.38 bits per heavy atom. The first-order valence-electron chi connectivity index (χ1n) is 4.10. The number of carbonyl (C=O) groups is 1. The predicted molar refractivity (Wildman–Crippen MR) is 52.6 cm³/mol. The molecule has 0 bridgehead atoms. The molecule has 0 aliphatic rings. The van der Waals surface area contributed by atoms with Gasteiger partial charge in [-0.25, -0.2) is 4.79 Å². The Morgan fingerprint density at radius 3 is 2.44 bits per heavy atom. The van der Waals surface area contributed by atoms with Crippen molar-refractivity contribution in [2.45, 2.75) is 12.1 Å². The fourth-order valence-electron chi connectivity index (χ4n) is 1.13. The van der Waals surface area contributed by atoms with Gasteiger partial charge in [0.25, 0.3) is 0 Å². The molecule has 16 heavy (non-hydrogen) atoms. The summed E-state index contributed by atoms with van der Waals surface area (Å²) in [6.45, 7) is 0. The molecule has 1 rings (SSSR count). The Labute approximate surface area is 93.8 Å². The fourth-order valence-corrected chi connectivity index (χ4v) is 1.28. The maximum atomic E-state index is 12.4. The zero-order valence-corrected chi connectivity index (χ0v) is 8.56. The molecule has 0 heterocycles. The minimum Gasteiger partial charge on any atom is -0.465 e. The quantitative estimate of drug-likeness (QED) is 0.792. The predicted octanol–water partition coefficient (Wildman–Crippen LogP) is 3.53. The van der Waals surface area contributed by atoms with Gasteiger partial charge in [0.15, 0.2) is 0 Å². The van der Waals surface area contributed by atoms with Crippen LogP contribution >= 0.6 is 11.6 Å². The molecule has 0 aliphatic heterocycles. The van der Waals surface area contributed by atoms with Crippen molar-refractivity contribution in [2.24, 2.45) is 0 Å². The van der Waals surface area contributed by atoms with Crippen molar-refractivity contribution in [1.82, 2.24) is 0 Å². The summed E-state index contributed by atoms with van der Waals surface area (Å²) in [5.41, 5.74) is -0.896. The average Bonchev–Trinajstić information content (AvgIpc) is 2.14. The zero-order chi connectivity index (χ0) is 12.3. The van der Waals surface area contributed by atoms with Crippen LogP contribution in [0.3, 0.4) is 0 Å². The lowest BCUT2D eigenvalue weighted by atomic mass is 10.1. The number of benzene rings is 1. The van der Waals surface area contributed by atoms with Crippen LogP contribution in [0, 0.1) is 0 Å². The summed E-state index contributed by atoms with van der Waals surface area (Å²) in [5.74, 6) is -0.127. The average molecular weight is 254 g/mol. The molecule has 3 nitrogen and oxygen atoms in total. The van der Waals surface area contributed by atoms with Crippen LogP contribution in [0.5, 0.6) is 0 Å². The van der Waals surface area contributed by atoms with E-state index in [0.717, 1.165) is 6.07 Å². The largest absolute Gasteiger partial charge is 0.465 e. The van der Waals surface area contributed by atoms with E-state index in [4.69, 9.17) is 16.7 Å². The van der Waals surface area contributed by atoms with E-state index < -0.39 is 17.8 Å². The number of rotatable bonds is 2. The van der Waals surface area contributed by atoms with E-state index >= 15 is 0 Å². The molecule has 0 fully saturated rings. The minimum absolute atomic E-state index is 0.127. The molecule has 7 heteroatoms. The molecule has 88 valence electrons. The van der Waals surface area contributed by atoms with Gasteiger partial charge in [0.05, 0.1) is 5.56 Å². The van der Waals surface area contributed by atoms with Crippen molar-refractivity contribution in [3.8, 4) is 0 Å². The highest BCUT2D eigenvalue weighted by atomic mass is 35.5. The van der Waals surface area contributed by atoms with Gasteiger partial charge in [-0.1, -0.05) is 0 Å². The van der Waals surface area contributed by atoms with Gasteiger partial charge in [-0.15, -0.1) is 11.6 Å². The standard InChI is InChI=1S/C9H7ClF3NO2/c10-4-5-1-6(9(11,12)13)3-7(2-5)14-8(15)16/h1-3,14H,4H2,(H,15,16). The number of alkyl halides is 4. The molecule has 0 spiro atoms. The van der Waals surface area contributed by atoms with Gasteiger partial charge in [-0.05, 0) is 23.8 Å². The van der Waals surface area contributed by atoms with Crippen LogP contribution in [0.15, 0.2) is 18.2 Å². The second-order valence-electron chi connectivity index (χ2n) is 2.98. The second-order valence-corrected chi connectivity index (χ2v) is 3.25. The first kappa shape index (κ1) is 12.6. The summed E-state index contributed by atoms with van der Waals surface area (Å²) in [4.78, 5) is 10.3. The van der Waals surface area contributed by atoms with Crippen molar-refractivity contribution >= 4 is 23.4 Å². The molecule has 0 atom stereocenters. The van der Waals surface area contributed by atoms with E-state index in [-0.39, 0.29) is 17.1 Å². The summed E-state index contributed by atoms with van der Waals surface area (Å²) in [6.07, 6.45) is -5.96. The van der Waals surface area contributed by atoms with Crippen molar-refractivity contribution in [1.29, 1.82) is 0 Å². The van der Waals surface area contributed by atoms with Crippen LogP contribution in [0.25, 0.3) is 0 Å². The van der Waals surface area contributed by atoms with Crippen LogP contribution in [-0.4, -0.2) is 11.2 Å². The second kappa shape index (κ2) is 4.61. The van der Waals surface area contributed by atoms with Crippen LogP contribution in [-0.2, 0) is 12.1 Å². The number of amides is 1. The normalized spacial score (nSPS) is 11.2. The Kier molecular flexibility index (Phi) is 3.64. The first-order valence-corrected chi connectivity index (χ1v) is 4.63. The van der Waals surface area contributed by atoms with Gasteiger partial charge in [0.2, 0.25) is 0 Å². The van der Waals surface area contributed by atoms with Gasteiger partial charge in [-0.2, -0.15) is 13.2 Å². The number of anilines is 1. The van der Waals surface area contributed by atoms with Crippen molar-refractivity contribution in [3.63, 3.8) is 0 Å². The van der Waals surface area contributed by atoms with E-state index in [1.54, 1.807) is 0 Å². The minimum atomic E-state index is -4.53. The van der Waals surface area contributed by atoms with E-state index in [1.807, 2.05) is 5.32 Å². The Bertz CT molecular complexity index is 406. The number of hydrogen-bond donors (Lipinski definition) is 2. The monoisotopic (exact) mass is 253 g/mol. The molecule has 1 aromatic carbocycles. The van der Waals surface area contributed by atoms with Crippen LogP contribution in [0.2, 0.25) is 0 Å². The molecule has 0 saturated carbocycles. The third kappa shape index (κ3) is 3.30. The van der Waals surface area contributed by atoms with Crippen molar-refractivity contribution in [3.05, 3.63) is 29.3 Å². The molecule has 0 aromatic heterocycles. The van der Waals surface area contributed by atoms with Gasteiger partial charge < -0.3 is 5.11 Å². The highest BCUT2D eigenvalue weighted by Crippen LogP contribution is 2.32. The Balaban J connectivity index is 3.16. The maximum Gasteiger partial charge on any atom is 0.416 e. The lowest BCUT2D eigenvalue weighted by molar-refractivity contribution is -0.137.